The van der Waals surface area contributed by atoms with Gasteiger partial charge in [0, 0.05) is 26.2 Å². The van der Waals surface area contributed by atoms with Crippen molar-refractivity contribution in [2.75, 3.05) is 38.1 Å². The first-order chi connectivity index (χ1) is 6.25. The topological polar surface area (TPSA) is 48.3 Å². The lowest BCUT2D eigenvalue weighted by Crippen LogP contribution is -2.44. The molecule has 2 heterocycles. The molecule has 0 atom stereocenters. The number of nitrogens with one attached hydrogen (secondary N) is 1. The Morgan fingerprint density at radius 3 is 2.62 bits per heavy atom. The van der Waals surface area contributed by atoms with Crippen molar-refractivity contribution in [1.82, 2.24) is 15.0 Å². The lowest BCUT2D eigenvalue weighted by atomic mass is 10.3. The Bertz CT molecular complexity index is 325. The molecule has 1 saturated heterocycles. The number of hydrogen-bond donors (Lipinski definition) is 1. The summed E-state index contributed by atoms with van der Waals surface area (Å²) in [6.07, 6.45) is 0. The Labute approximate surface area is 81.3 Å². The van der Waals surface area contributed by atoms with E-state index in [0.717, 1.165) is 32.1 Å². The summed E-state index contributed by atoms with van der Waals surface area (Å²) in [5.74, 6) is 0.748. The molecule has 1 N–H and O–H groups in total. The van der Waals surface area contributed by atoms with E-state index in [1.807, 2.05) is 0 Å². The highest BCUT2D eigenvalue weighted by atomic mass is 32.1. The van der Waals surface area contributed by atoms with Crippen molar-refractivity contribution in [3.05, 3.63) is 4.84 Å². The molecule has 0 aromatic carbocycles. The van der Waals surface area contributed by atoms with Crippen molar-refractivity contribution in [3.8, 4) is 0 Å². The molecule has 1 fully saturated rings. The molecule has 0 bridgehead atoms. The molecular weight excluding hydrogens is 188 g/mol. The van der Waals surface area contributed by atoms with Crippen LogP contribution in [0.25, 0.3) is 0 Å². The fourth-order valence-corrected chi connectivity index (χ4v) is 1.50. The van der Waals surface area contributed by atoms with Crippen LogP contribution in [0.5, 0.6) is 0 Å². The molecule has 1 aliphatic rings. The molecule has 6 heteroatoms. The maximum Gasteiger partial charge on any atom is 0.315 e. The number of likely N-dealkylation sites (N-methyl/N-ethyl adjacent to an activating group) is 1. The first-order valence-corrected chi connectivity index (χ1v) is 4.65. The van der Waals surface area contributed by atoms with Gasteiger partial charge in [0.15, 0.2) is 0 Å². The van der Waals surface area contributed by atoms with Crippen molar-refractivity contribution >= 4 is 18.2 Å². The van der Waals surface area contributed by atoms with E-state index in [-0.39, 0.29) is 4.84 Å². The SMILES string of the molecule is CN1CCN(c2nc(=S)o[nH]2)CC1. The predicted molar refractivity (Wildman–Crippen MR) is 51.4 cm³/mol. The van der Waals surface area contributed by atoms with Gasteiger partial charge in [-0.05, 0) is 19.3 Å². The Hall–Kier alpha value is -0.880. The summed E-state index contributed by atoms with van der Waals surface area (Å²) in [7, 11) is 2.11. The second-order valence-corrected chi connectivity index (χ2v) is 3.55. The van der Waals surface area contributed by atoms with Crippen LogP contribution in [0.1, 0.15) is 0 Å². The smallest absolute Gasteiger partial charge is 0.315 e. The van der Waals surface area contributed by atoms with Crippen LogP contribution in [-0.4, -0.2) is 48.3 Å². The lowest BCUT2D eigenvalue weighted by molar-refractivity contribution is 0.309. The summed E-state index contributed by atoms with van der Waals surface area (Å²) in [4.78, 5) is 8.75. The van der Waals surface area contributed by atoms with Crippen molar-refractivity contribution in [2.45, 2.75) is 0 Å². The third kappa shape index (κ3) is 1.89. The molecule has 1 aromatic heterocycles. The number of hydrogen-bond acceptors (Lipinski definition) is 5. The zero-order valence-electron chi connectivity index (χ0n) is 7.49. The van der Waals surface area contributed by atoms with Crippen molar-refractivity contribution < 1.29 is 4.52 Å². The summed E-state index contributed by atoms with van der Waals surface area (Å²) in [6, 6.07) is 0. The molecular formula is C7H12N4OS. The minimum absolute atomic E-state index is 0.272. The van der Waals surface area contributed by atoms with Gasteiger partial charge in [-0.3, -0.25) is 0 Å². The second kappa shape index (κ2) is 3.47. The largest absolute Gasteiger partial charge is 0.346 e. The van der Waals surface area contributed by atoms with E-state index in [2.05, 4.69) is 27.0 Å². The maximum absolute atomic E-state index is 4.87. The van der Waals surface area contributed by atoms with Gasteiger partial charge in [-0.15, -0.1) is 0 Å². The van der Waals surface area contributed by atoms with Gasteiger partial charge < -0.3 is 14.3 Å². The predicted octanol–water partition coefficient (Wildman–Crippen LogP) is 0.484. The van der Waals surface area contributed by atoms with Crippen LogP contribution in [0.4, 0.5) is 5.95 Å². The highest BCUT2D eigenvalue weighted by molar-refractivity contribution is 7.71. The van der Waals surface area contributed by atoms with Gasteiger partial charge in [-0.25, -0.2) is 0 Å². The first kappa shape index (κ1) is 8.71. The van der Waals surface area contributed by atoms with Gasteiger partial charge in [-0.1, -0.05) is 0 Å². The van der Waals surface area contributed by atoms with Crippen molar-refractivity contribution in [2.24, 2.45) is 0 Å². The van der Waals surface area contributed by atoms with Gasteiger partial charge in [0.1, 0.15) is 0 Å². The monoisotopic (exact) mass is 200 g/mol. The fourth-order valence-electron chi connectivity index (χ4n) is 1.37. The van der Waals surface area contributed by atoms with Gasteiger partial charge >= 0.3 is 4.84 Å². The Kier molecular flexibility index (Phi) is 2.32. The number of piperazine rings is 1. The normalized spacial score (nSPS) is 19.3. The molecule has 0 spiro atoms. The van der Waals surface area contributed by atoms with Gasteiger partial charge in [0.25, 0.3) is 0 Å². The number of H-pyrrole nitrogens is 1. The standard InChI is InChI=1S/C7H12N4OS/c1-10-2-4-11(5-3-10)6-8-7(13)12-9-6/h2-5H2,1H3,(H,8,9,13). The molecule has 1 aromatic rings. The van der Waals surface area contributed by atoms with E-state index >= 15 is 0 Å². The minimum atomic E-state index is 0.272. The second-order valence-electron chi connectivity index (χ2n) is 3.20. The van der Waals surface area contributed by atoms with Gasteiger partial charge in [-0.2, -0.15) is 10.1 Å². The summed E-state index contributed by atoms with van der Waals surface area (Å²) in [6.45, 7) is 4.03. The number of aromatic nitrogens is 2. The number of rotatable bonds is 1. The number of aromatic amines is 1. The van der Waals surface area contributed by atoms with E-state index in [9.17, 15) is 0 Å². The Morgan fingerprint density at radius 1 is 1.38 bits per heavy atom. The van der Waals surface area contributed by atoms with E-state index in [1.165, 1.54) is 0 Å². The molecule has 0 amide bonds. The molecule has 72 valence electrons. The molecule has 5 nitrogen and oxygen atoms in total. The quantitative estimate of drug-likeness (QED) is 0.668. The zero-order chi connectivity index (χ0) is 9.26. The van der Waals surface area contributed by atoms with E-state index in [1.54, 1.807) is 0 Å². The summed E-state index contributed by atoms with van der Waals surface area (Å²) in [5, 5.41) is 2.71. The van der Waals surface area contributed by atoms with E-state index in [0.29, 0.717) is 0 Å². The van der Waals surface area contributed by atoms with Crippen LogP contribution in [0.15, 0.2) is 4.52 Å². The molecule has 0 aliphatic carbocycles. The number of nitrogens with zero attached hydrogens (tertiary/aromatic N) is 3. The van der Waals surface area contributed by atoms with Crippen LogP contribution in [0.3, 0.4) is 0 Å². The van der Waals surface area contributed by atoms with Crippen LogP contribution in [0, 0.1) is 4.84 Å². The Balaban J connectivity index is 2.06. The van der Waals surface area contributed by atoms with Gasteiger partial charge in [0.05, 0.1) is 0 Å². The molecule has 0 radical (unpaired) electrons. The van der Waals surface area contributed by atoms with E-state index in [4.69, 9.17) is 16.7 Å². The average Bonchev–Trinajstić information content (AvgIpc) is 2.53. The molecule has 13 heavy (non-hydrogen) atoms. The van der Waals surface area contributed by atoms with Gasteiger partial charge in [0.2, 0.25) is 5.95 Å². The van der Waals surface area contributed by atoms with Crippen LogP contribution >= 0.6 is 12.2 Å². The van der Waals surface area contributed by atoms with E-state index < -0.39 is 0 Å². The highest BCUT2D eigenvalue weighted by Gasteiger charge is 2.16. The summed E-state index contributed by atoms with van der Waals surface area (Å²) < 4.78 is 4.87. The fraction of sp³-hybridized carbons (Fsp3) is 0.714. The summed E-state index contributed by atoms with van der Waals surface area (Å²) >= 11 is 4.78. The third-order valence-corrected chi connectivity index (χ3v) is 2.40. The highest BCUT2D eigenvalue weighted by Crippen LogP contribution is 2.09. The van der Waals surface area contributed by atoms with Crippen LogP contribution in [-0.2, 0) is 0 Å². The van der Waals surface area contributed by atoms with Crippen LogP contribution in [0.2, 0.25) is 0 Å². The first-order valence-electron chi connectivity index (χ1n) is 4.25. The maximum atomic E-state index is 4.87. The van der Waals surface area contributed by atoms with Crippen molar-refractivity contribution in [1.29, 1.82) is 0 Å². The minimum Gasteiger partial charge on any atom is -0.346 e. The van der Waals surface area contributed by atoms with Crippen LogP contribution < -0.4 is 4.90 Å². The van der Waals surface area contributed by atoms with Crippen molar-refractivity contribution in [3.63, 3.8) is 0 Å². The average molecular weight is 200 g/mol. The lowest BCUT2D eigenvalue weighted by Gasteiger charge is -2.31. The molecule has 1 aliphatic heterocycles. The third-order valence-electron chi connectivity index (χ3n) is 2.23. The Morgan fingerprint density at radius 2 is 2.08 bits per heavy atom. The molecule has 0 saturated carbocycles. The summed E-state index contributed by atoms with van der Waals surface area (Å²) in [5.41, 5.74) is 0. The zero-order valence-corrected chi connectivity index (χ0v) is 8.30. The molecule has 0 unspecified atom stereocenters. The molecule has 2 rings (SSSR count). The number of anilines is 1.